The van der Waals surface area contributed by atoms with Gasteiger partial charge in [0.15, 0.2) is 0 Å². The van der Waals surface area contributed by atoms with Gasteiger partial charge in [-0.25, -0.2) is 0 Å². The molecule has 0 fully saturated rings. The van der Waals surface area contributed by atoms with Crippen LogP contribution in [0.4, 0.5) is 0 Å². The fourth-order valence-electron chi connectivity index (χ4n) is 1.02. The van der Waals surface area contributed by atoms with Crippen molar-refractivity contribution >= 4 is 5.97 Å². The maximum atomic E-state index is 10.7. The summed E-state index contributed by atoms with van der Waals surface area (Å²) in [6.45, 7) is 3.71. The zero-order valence-corrected chi connectivity index (χ0v) is 7.83. The number of methoxy groups -OCH3 is 1. The van der Waals surface area contributed by atoms with E-state index >= 15 is 0 Å². The molecular weight excluding hydrogens is 158 g/mol. The third-order valence-electron chi connectivity index (χ3n) is 1.73. The Morgan fingerprint density at radius 3 is 2.50 bits per heavy atom. The SMILES string of the molecule is COCC(N)CC(C)(C)C(=O)O. The molecule has 0 heterocycles. The molecule has 72 valence electrons. The van der Waals surface area contributed by atoms with Crippen molar-refractivity contribution in [1.29, 1.82) is 0 Å². The van der Waals surface area contributed by atoms with Crippen molar-refractivity contribution in [3.63, 3.8) is 0 Å². The average Bonchev–Trinajstić information content (AvgIpc) is 1.85. The van der Waals surface area contributed by atoms with Gasteiger partial charge in [-0.3, -0.25) is 4.79 Å². The predicted octanol–water partition coefficient (Wildman–Crippen LogP) is 0.461. The van der Waals surface area contributed by atoms with Crippen molar-refractivity contribution < 1.29 is 14.6 Å². The van der Waals surface area contributed by atoms with Crippen molar-refractivity contribution in [3.05, 3.63) is 0 Å². The zero-order valence-electron chi connectivity index (χ0n) is 7.83. The van der Waals surface area contributed by atoms with Crippen molar-refractivity contribution in [2.45, 2.75) is 26.3 Å². The van der Waals surface area contributed by atoms with E-state index < -0.39 is 11.4 Å². The number of rotatable bonds is 5. The molecule has 1 unspecified atom stereocenters. The van der Waals surface area contributed by atoms with Crippen LogP contribution in [0.1, 0.15) is 20.3 Å². The van der Waals surface area contributed by atoms with Crippen LogP contribution in [0.2, 0.25) is 0 Å². The second-order valence-electron chi connectivity index (χ2n) is 3.61. The maximum absolute atomic E-state index is 10.7. The highest BCUT2D eigenvalue weighted by Crippen LogP contribution is 2.21. The molecule has 0 amide bonds. The maximum Gasteiger partial charge on any atom is 0.309 e. The van der Waals surface area contributed by atoms with Crippen LogP contribution in [0.3, 0.4) is 0 Å². The van der Waals surface area contributed by atoms with Crippen LogP contribution < -0.4 is 5.73 Å². The minimum Gasteiger partial charge on any atom is -0.481 e. The first-order valence-electron chi connectivity index (χ1n) is 3.88. The summed E-state index contributed by atoms with van der Waals surface area (Å²) in [5.74, 6) is -0.825. The normalized spacial score (nSPS) is 14.3. The molecule has 0 aliphatic heterocycles. The largest absolute Gasteiger partial charge is 0.481 e. The van der Waals surface area contributed by atoms with Crippen LogP contribution in [-0.4, -0.2) is 30.8 Å². The molecule has 0 saturated carbocycles. The van der Waals surface area contributed by atoms with Crippen molar-refractivity contribution in [1.82, 2.24) is 0 Å². The summed E-state index contributed by atoms with van der Waals surface area (Å²) in [6, 6.07) is -0.207. The Balaban J connectivity index is 3.96. The Hall–Kier alpha value is -0.610. The first kappa shape index (κ1) is 11.4. The van der Waals surface area contributed by atoms with Crippen LogP contribution in [0, 0.1) is 5.41 Å². The van der Waals surface area contributed by atoms with E-state index in [1.807, 2.05) is 0 Å². The third kappa shape index (κ3) is 3.69. The summed E-state index contributed by atoms with van der Waals surface area (Å²) in [5, 5.41) is 8.76. The van der Waals surface area contributed by atoms with Crippen LogP contribution >= 0.6 is 0 Å². The number of hydrogen-bond acceptors (Lipinski definition) is 3. The lowest BCUT2D eigenvalue weighted by molar-refractivity contribution is -0.147. The average molecular weight is 175 g/mol. The first-order chi connectivity index (χ1) is 5.40. The van der Waals surface area contributed by atoms with E-state index in [0.717, 1.165) is 0 Å². The van der Waals surface area contributed by atoms with Gasteiger partial charge < -0.3 is 15.6 Å². The summed E-state index contributed by atoms with van der Waals surface area (Å²) in [6.07, 6.45) is 0.427. The van der Waals surface area contributed by atoms with Gasteiger partial charge in [0.2, 0.25) is 0 Å². The molecule has 0 aromatic carbocycles. The molecular formula is C8H17NO3. The van der Waals surface area contributed by atoms with Gasteiger partial charge in [0.05, 0.1) is 12.0 Å². The predicted molar refractivity (Wildman–Crippen MR) is 45.9 cm³/mol. The molecule has 0 rings (SSSR count). The minimum atomic E-state index is -0.825. The number of carbonyl (C=O) groups is 1. The zero-order chi connectivity index (χ0) is 9.78. The highest BCUT2D eigenvalue weighted by atomic mass is 16.5. The lowest BCUT2D eigenvalue weighted by atomic mass is 9.86. The van der Waals surface area contributed by atoms with E-state index in [-0.39, 0.29) is 6.04 Å². The second-order valence-corrected chi connectivity index (χ2v) is 3.61. The summed E-state index contributed by atoms with van der Waals surface area (Å²) >= 11 is 0. The lowest BCUT2D eigenvalue weighted by Crippen LogP contribution is -2.35. The van der Waals surface area contributed by atoms with E-state index in [0.29, 0.717) is 13.0 Å². The van der Waals surface area contributed by atoms with E-state index in [9.17, 15) is 4.79 Å². The molecule has 0 aliphatic rings. The first-order valence-corrected chi connectivity index (χ1v) is 3.88. The minimum absolute atomic E-state index is 0.207. The molecule has 0 bridgehead atoms. The Labute approximate surface area is 72.7 Å². The molecule has 0 saturated heterocycles. The highest BCUT2D eigenvalue weighted by molar-refractivity contribution is 5.73. The molecule has 0 radical (unpaired) electrons. The van der Waals surface area contributed by atoms with E-state index in [1.165, 1.54) is 0 Å². The molecule has 4 heteroatoms. The van der Waals surface area contributed by atoms with Gasteiger partial charge in [-0.05, 0) is 20.3 Å². The fraction of sp³-hybridized carbons (Fsp3) is 0.875. The quantitative estimate of drug-likeness (QED) is 0.636. The van der Waals surface area contributed by atoms with Crippen molar-refractivity contribution in [2.75, 3.05) is 13.7 Å². The number of carboxylic acid groups (broad SMARTS) is 1. The lowest BCUT2D eigenvalue weighted by Gasteiger charge is -2.22. The van der Waals surface area contributed by atoms with Gasteiger partial charge in [-0.1, -0.05) is 0 Å². The molecule has 0 aromatic heterocycles. The molecule has 3 N–H and O–H groups in total. The fourth-order valence-corrected chi connectivity index (χ4v) is 1.02. The van der Waals surface area contributed by atoms with Gasteiger partial charge in [0.25, 0.3) is 0 Å². The number of aliphatic carboxylic acids is 1. The highest BCUT2D eigenvalue weighted by Gasteiger charge is 2.29. The number of hydrogen-bond donors (Lipinski definition) is 2. The molecule has 0 spiro atoms. The van der Waals surface area contributed by atoms with Gasteiger partial charge >= 0.3 is 5.97 Å². The molecule has 0 aromatic rings. The summed E-state index contributed by atoms with van der Waals surface area (Å²) in [5.41, 5.74) is 4.85. The molecule has 0 aliphatic carbocycles. The summed E-state index contributed by atoms with van der Waals surface area (Å²) in [4.78, 5) is 10.7. The van der Waals surface area contributed by atoms with E-state index in [2.05, 4.69) is 0 Å². The van der Waals surface area contributed by atoms with Gasteiger partial charge in [-0.2, -0.15) is 0 Å². The molecule has 1 atom stereocenters. The van der Waals surface area contributed by atoms with Gasteiger partial charge in [-0.15, -0.1) is 0 Å². The summed E-state index contributed by atoms with van der Waals surface area (Å²) < 4.78 is 4.81. The van der Waals surface area contributed by atoms with Crippen LogP contribution in [-0.2, 0) is 9.53 Å². The Kier molecular flexibility index (Phi) is 4.20. The Morgan fingerprint density at radius 1 is 1.67 bits per heavy atom. The van der Waals surface area contributed by atoms with Crippen molar-refractivity contribution in [2.24, 2.45) is 11.1 Å². The number of nitrogens with two attached hydrogens (primary N) is 1. The topological polar surface area (TPSA) is 72.5 Å². The van der Waals surface area contributed by atoms with Crippen LogP contribution in [0.25, 0.3) is 0 Å². The third-order valence-corrected chi connectivity index (χ3v) is 1.73. The van der Waals surface area contributed by atoms with Gasteiger partial charge in [0.1, 0.15) is 0 Å². The van der Waals surface area contributed by atoms with Crippen LogP contribution in [0.5, 0.6) is 0 Å². The van der Waals surface area contributed by atoms with Crippen LogP contribution in [0.15, 0.2) is 0 Å². The molecule has 12 heavy (non-hydrogen) atoms. The Morgan fingerprint density at radius 2 is 2.17 bits per heavy atom. The number of ether oxygens (including phenoxy) is 1. The second kappa shape index (κ2) is 4.42. The van der Waals surface area contributed by atoms with Crippen molar-refractivity contribution in [3.8, 4) is 0 Å². The standard InChI is InChI=1S/C8H17NO3/c1-8(2,7(10)11)4-6(9)5-12-3/h6H,4-5,9H2,1-3H3,(H,10,11). The Bertz CT molecular complexity index is 156. The van der Waals surface area contributed by atoms with E-state index in [1.54, 1.807) is 21.0 Å². The van der Waals surface area contributed by atoms with Gasteiger partial charge in [0, 0.05) is 13.2 Å². The smallest absolute Gasteiger partial charge is 0.309 e. The molecule has 4 nitrogen and oxygen atoms in total. The monoisotopic (exact) mass is 175 g/mol. The summed E-state index contributed by atoms with van der Waals surface area (Å²) in [7, 11) is 1.55. The van der Waals surface area contributed by atoms with E-state index in [4.69, 9.17) is 15.6 Å². The number of carboxylic acids is 1.